The minimum atomic E-state index is -3.86. The molecule has 0 aliphatic carbocycles. The summed E-state index contributed by atoms with van der Waals surface area (Å²) in [4.78, 5) is 29.7. The van der Waals surface area contributed by atoms with Gasteiger partial charge in [-0.3, -0.25) is 9.59 Å². The van der Waals surface area contributed by atoms with Gasteiger partial charge in [-0.25, -0.2) is 8.42 Å². The van der Waals surface area contributed by atoms with E-state index in [0.717, 1.165) is 23.2 Å². The molecule has 1 saturated heterocycles. The highest BCUT2D eigenvalue weighted by atomic mass is 79.9. The molecule has 35 heavy (non-hydrogen) atoms. The van der Waals surface area contributed by atoms with Crippen molar-refractivity contribution >= 4 is 49.1 Å². The number of benzene rings is 2. The summed E-state index contributed by atoms with van der Waals surface area (Å²) in [5.41, 5.74) is 3.73. The number of rotatable bonds is 4. The predicted octanol–water partition coefficient (Wildman–Crippen LogP) is 4.13. The molecule has 0 spiro atoms. The van der Waals surface area contributed by atoms with E-state index in [1.54, 1.807) is 17.9 Å². The van der Waals surface area contributed by atoms with Crippen LogP contribution < -0.4 is 9.80 Å². The maximum atomic E-state index is 13.8. The standard InChI is InChI=1S/C26H30BrN3O4S/c1-3-25(31)29-12-10-19-14-21(27)24(15-23(19)29)35(33,34)28-11-6-8-20(16-28)26(32)30-17(2)13-18-7-4-5-9-22(18)30/h4-5,7,9,14-15,17,20H,3,6,8,10-13,16H2,1-2H3/t17-,20-/m1/s1. The molecule has 0 aromatic heterocycles. The zero-order valence-corrected chi connectivity index (χ0v) is 22.4. The van der Waals surface area contributed by atoms with Crippen molar-refractivity contribution in [2.24, 2.45) is 5.92 Å². The minimum Gasteiger partial charge on any atom is -0.312 e. The summed E-state index contributed by atoms with van der Waals surface area (Å²) >= 11 is 3.47. The Hall–Kier alpha value is -2.23. The molecular formula is C26H30BrN3O4S. The Labute approximate surface area is 215 Å². The first kappa shape index (κ1) is 24.5. The number of carbonyl (C=O) groups is 2. The van der Waals surface area contributed by atoms with Gasteiger partial charge < -0.3 is 9.80 Å². The summed E-state index contributed by atoms with van der Waals surface area (Å²) in [5.74, 6) is -0.411. The second-order valence-electron chi connectivity index (χ2n) is 9.65. The van der Waals surface area contributed by atoms with Gasteiger partial charge in [0.05, 0.1) is 10.8 Å². The van der Waals surface area contributed by atoms with Crippen molar-refractivity contribution in [2.75, 3.05) is 29.4 Å². The molecule has 0 N–H and O–H groups in total. The van der Waals surface area contributed by atoms with Crippen LogP contribution >= 0.6 is 15.9 Å². The van der Waals surface area contributed by atoms with Gasteiger partial charge in [-0.05, 0) is 77.9 Å². The maximum absolute atomic E-state index is 13.8. The number of hydrogen-bond donors (Lipinski definition) is 0. The number of hydrogen-bond acceptors (Lipinski definition) is 4. The molecule has 1 fully saturated rings. The number of para-hydroxylation sites is 1. The fourth-order valence-electron chi connectivity index (χ4n) is 5.64. The van der Waals surface area contributed by atoms with Gasteiger partial charge in [-0.15, -0.1) is 0 Å². The molecule has 2 aromatic carbocycles. The highest BCUT2D eigenvalue weighted by Crippen LogP contribution is 2.39. The zero-order chi connectivity index (χ0) is 24.9. The predicted molar refractivity (Wildman–Crippen MR) is 139 cm³/mol. The molecule has 3 aliphatic rings. The second-order valence-corrected chi connectivity index (χ2v) is 12.4. The van der Waals surface area contributed by atoms with Crippen LogP contribution in [-0.4, -0.2) is 50.2 Å². The number of amides is 2. The minimum absolute atomic E-state index is 0.00455. The lowest BCUT2D eigenvalue weighted by atomic mass is 9.97. The Balaban J connectivity index is 1.41. The van der Waals surface area contributed by atoms with Crippen molar-refractivity contribution in [1.29, 1.82) is 0 Å². The topological polar surface area (TPSA) is 78.0 Å². The van der Waals surface area contributed by atoms with Crippen molar-refractivity contribution in [1.82, 2.24) is 4.31 Å². The fourth-order valence-corrected chi connectivity index (χ4v) is 8.23. The Morgan fingerprint density at radius 1 is 1.09 bits per heavy atom. The van der Waals surface area contributed by atoms with E-state index in [4.69, 9.17) is 0 Å². The van der Waals surface area contributed by atoms with Crippen LogP contribution in [0.5, 0.6) is 0 Å². The SMILES string of the molecule is CCC(=O)N1CCc2cc(Br)c(S(=O)(=O)N3CCC[C@@H](C(=O)N4c5ccccc5C[C@H]4C)C3)cc21. The van der Waals surface area contributed by atoms with Crippen LogP contribution in [0.1, 0.15) is 44.2 Å². The van der Waals surface area contributed by atoms with Crippen LogP contribution in [0.4, 0.5) is 11.4 Å². The molecule has 2 atom stereocenters. The molecule has 186 valence electrons. The number of fused-ring (bicyclic) bond motifs is 2. The lowest BCUT2D eigenvalue weighted by molar-refractivity contribution is -0.123. The van der Waals surface area contributed by atoms with Crippen LogP contribution in [0, 0.1) is 5.92 Å². The van der Waals surface area contributed by atoms with Crippen molar-refractivity contribution in [3.8, 4) is 0 Å². The van der Waals surface area contributed by atoms with Crippen LogP contribution in [0.25, 0.3) is 0 Å². The lowest BCUT2D eigenvalue weighted by Gasteiger charge is -2.35. The number of carbonyl (C=O) groups excluding carboxylic acids is 2. The van der Waals surface area contributed by atoms with E-state index >= 15 is 0 Å². The van der Waals surface area contributed by atoms with Gasteiger partial charge in [-0.1, -0.05) is 25.1 Å². The zero-order valence-electron chi connectivity index (χ0n) is 20.0. The highest BCUT2D eigenvalue weighted by molar-refractivity contribution is 9.10. The van der Waals surface area contributed by atoms with Gasteiger partial charge >= 0.3 is 0 Å². The summed E-state index contributed by atoms with van der Waals surface area (Å²) in [6, 6.07) is 11.4. The van der Waals surface area contributed by atoms with Gasteiger partial charge in [0.15, 0.2) is 0 Å². The van der Waals surface area contributed by atoms with E-state index in [0.29, 0.717) is 48.9 Å². The first-order valence-corrected chi connectivity index (χ1v) is 14.5. The monoisotopic (exact) mass is 559 g/mol. The third-order valence-corrected chi connectivity index (χ3v) is 10.3. The summed E-state index contributed by atoms with van der Waals surface area (Å²) in [5, 5.41) is 0. The molecule has 5 rings (SSSR count). The van der Waals surface area contributed by atoms with E-state index in [9.17, 15) is 18.0 Å². The third-order valence-electron chi connectivity index (χ3n) is 7.43. The van der Waals surface area contributed by atoms with E-state index in [2.05, 4.69) is 22.0 Å². The van der Waals surface area contributed by atoms with E-state index < -0.39 is 15.9 Å². The molecule has 0 bridgehead atoms. The van der Waals surface area contributed by atoms with Crippen molar-refractivity contribution < 1.29 is 18.0 Å². The summed E-state index contributed by atoms with van der Waals surface area (Å²) in [6.07, 6.45) is 3.18. The molecular weight excluding hydrogens is 530 g/mol. The first-order valence-electron chi connectivity index (χ1n) is 12.3. The van der Waals surface area contributed by atoms with Crippen molar-refractivity contribution in [3.63, 3.8) is 0 Å². The van der Waals surface area contributed by atoms with Crippen LogP contribution in [0.15, 0.2) is 45.8 Å². The summed E-state index contributed by atoms with van der Waals surface area (Å²) < 4.78 is 29.5. The van der Waals surface area contributed by atoms with Gasteiger partial charge in [0, 0.05) is 47.9 Å². The Morgan fingerprint density at radius 2 is 1.86 bits per heavy atom. The quantitative estimate of drug-likeness (QED) is 0.564. The van der Waals surface area contributed by atoms with Gasteiger partial charge in [0.1, 0.15) is 0 Å². The Bertz CT molecular complexity index is 1300. The van der Waals surface area contributed by atoms with Crippen LogP contribution in [0.3, 0.4) is 0 Å². The van der Waals surface area contributed by atoms with E-state index in [1.807, 2.05) is 36.1 Å². The normalized spacial score (nSPS) is 22.3. The number of anilines is 2. The smallest absolute Gasteiger partial charge is 0.244 e. The van der Waals surface area contributed by atoms with Crippen molar-refractivity contribution in [3.05, 3.63) is 52.0 Å². The average molecular weight is 561 g/mol. The second kappa shape index (κ2) is 9.33. The van der Waals surface area contributed by atoms with Gasteiger partial charge in [-0.2, -0.15) is 4.31 Å². The molecule has 2 aromatic rings. The Kier molecular flexibility index (Phi) is 6.52. The molecule has 3 heterocycles. The van der Waals surface area contributed by atoms with Gasteiger partial charge in [0.2, 0.25) is 21.8 Å². The fraction of sp³-hybridized carbons (Fsp3) is 0.462. The van der Waals surface area contributed by atoms with E-state index in [-0.39, 0.29) is 29.3 Å². The molecule has 2 amide bonds. The Morgan fingerprint density at radius 3 is 2.63 bits per heavy atom. The summed E-state index contributed by atoms with van der Waals surface area (Å²) in [6.45, 7) is 4.95. The largest absolute Gasteiger partial charge is 0.312 e. The average Bonchev–Trinajstić information content (AvgIpc) is 3.42. The summed E-state index contributed by atoms with van der Waals surface area (Å²) in [7, 11) is -3.86. The highest BCUT2D eigenvalue weighted by Gasteiger charge is 2.40. The molecule has 7 nitrogen and oxygen atoms in total. The van der Waals surface area contributed by atoms with Gasteiger partial charge in [0.25, 0.3) is 0 Å². The van der Waals surface area contributed by atoms with Crippen LogP contribution in [-0.2, 0) is 32.5 Å². The third kappa shape index (κ3) is 4.21. The lowest BCUT2D eigenvalue weighted by Crippen LogP contribution is -2.48. The molecule has 0 radical (unpaired) electrons. The maximum Gasteiger partial charge on any atom is 0.244 e. The van der Waals surface area contributed by atoms with Crippen molar-refractivity contribution in [2.45, 2.75) is 56.9 Å². The molecule has 3 aliphatic heterocycles. The number of sulfonamides is 1. The number of nitrogens with zero attached hydrogens (tertiary/aromatic N) is 3. The van der Waals surface area contributed by atoms with Crippen LogP contribution in [0.2, 0.25) is 0 Å². The molecule has 0 saturated carbocycles. The molecule has 9 heteroatoms. The van der Waals surface area contributed by atoms with E-state index in [1.165, 1.54) is 4.31 Å². The molecule has 0 unspecified atom stereocenters. The first-order chi connectivity index (χ1) is 16.7. The number of halogens is 1. The number of piperidine rings is 1.